The summed E-state index contributed by atoms with van der Waals surface area (Å²) in [5.41, 5.74) is 8.03. The Morgan fingerprint density at radius 3 is 2.76 bits per heavy atom. The Labute approximate surface area is 100 Å². The summed E-state index contributed by atoms with van der Waals surface area (Å²) in [4.78, 5) is 4.34. The van der Waals surface area contributed by atoms with E-state index in [1.807, 2.05) is 13.1 Å². The van der Waals surface area contributed by atoms with Crippen molar-refractivity contribution in [2.75, 3.05) is 6.54 Å². The summed E-state index contributed by atoms with van der Waals surface area (Å²) >= 11 is 0. The number of rotatable bonds is 3. The lowest BCUT2D eigenvalue weighted by Gasteiger charge is -2.08. The Morgan fingerprint density at radius 1 is 1.47 bits per heavy atom. The van der Waals surface area contributed by atoms with Crippen molar-refractivity contribution in [3.05, 3.63) is 23.5 Å². The number of aliphatic hydroxyl groups excluding tert-OH is 1. The van der Waals surface area contributed by atoms with E-state index in [9.17, 15) is 5.11 Å². The molecule has 2 rings (SSSR count). The van der Waals surface area contributed by atoms with Crippen molar-refractivity contribution in [1.29, 1.82) is 0 Å². The molecule has 0 saturated heterocycles. The zero-order valence-electron chi connectivity index (χ0n) is 10.4. The summed E-state index contributed by atoms with van der Waals surface area (Å²) in [5, 5.41) is 15.2. The molecule has 1 atom stereocenters. The minimum atomic E-state index is -0.660. The van der Waals surface area contributed by atoms with Crippen LogP contribution in [0.3, 0.4) is 0 Å². The SMILES string of the molecule is CC(C)c1nn(C)c2ncc(C(O)CN)cc12. The van der Waals surface area contributed by atoms with E-state index in [1.165, 1.54) is 0 Å². The monoisotopic (exact) mass is 234 g/mol. The largest absolute Gasteiger partial charge is 0.387 e. The highest BCUT2D eigenvalue weighted by atomic mass is 16.3. The second kappa shape index (κ2) is 4.43. The number of pyridine rings is 1. The van der Waals surface area contributed by atoms with Crippen molar-refractivity contribution in [1.82, 2.24) is 14.8 Å². The van der Waals surface area contributed by atoms with Crippen molar-refractivity contribution in [2.45, 2.75) is 25.9 Å². The molecule has 1 unspecified atom stereocenters. The van der Waals surface area contributed by atoms with E-state index in [-0.39, 0.29) is 6.54 Å². The molecule has 2 heterocycles. The third-order valence-corrected chi connectivity index (χ3v) is 2.88. The third-order valence-electron chi connectivity index (χ3n) is 2.88. The van der Waals surface area contributed by atoms with Crippen LogP contribution in [0.4, 0.5) is 0 Å². The van der Waals surface area contributed by atoms with Crippen molar-refractivity contribution in [2.24, 2.45) is 12.8 Å². The quantitative estimate of drug-likeness (QED) is 0.833. The fraction of sp³-hybridized carbons (Fsp3) is 0.500. The number of aliphatic hydroxyl groups is 1. The zero-order valence-corrected chi connectivity index (χ0v) is 10.4. The van der Waals surface area contributed by atoms with Crippen LogP contribution in [0.5, 0.6) is 0 Å². The molecule has 0 aliphatic rings. The smallest absolute Gasteiger partial charge is 0.157 e. The number of nitrogens with zero attached hydrogens (tertiary/aromatic N) is 3. The van der Waals surface area contributed by atoms with Crippen LogP contribution in [0, 0.1) is 0 Å². The summed E-state index contributed by atoms with van der Waals surface area (Å²) in [7, 11) is 1.88. The predicted octanol–water partition coefficient (Wildman–Crippen LogP) is 1.08. The molecule has 0 saturated carbocycles. The van der Waals surface area contributed by atoms with Gasteiger partial charge in [-0.15, -0.1) is 0 Å². The second-order valence-electron chi connectivity index (χ2n) is 4.55. The molecule has 0 fully saturated rings. The minimum Gasteiger partial charge on any atom is -0.387 e. The van der Waals surface area contributed by atoms with E-state index in [4.69, 9.17) is 5.73 Å². The number of nitrogens with two attached hydrogens (primary N) is 1. The van der Waals surface area contributed by atoms with Crippen LogP contribution in [0.25, 0.3) is 11.0 Å². The lowest BCUT2D eigenvalue weighted by Crippen LogP contribution is -2.11. The summed E-state index contributed by atoms with van der Waals surface area (Å²) < 4.78 is 1.77. The lowest BCUT2D eigenvalue weighted by molar-refractivity contribution is 0.186. The highest BCUT2D eigenvalue weighted by Crippen LogP contribution is 2.25. The van der Waals surface area contributed by atoms with Gasteiger partial charge in [0.1, 0.15) is 0 Å². The van der Waals surface area contributed by atoms with E-state index in [2.05, 4.69) is 23.9 Å². The van der Waals surface area contributed by atoms with Gasteiger partial charge in [0.15, 0.2) is 5.65 Å². The third kappa shape index (κ3) is 2.03. The first-order valence-electron chi connectivity index (χ1n) is 5.75. The standard InChI is InChI=1S/C12H18N4O/c1-7(2)11-9-4-8(10(17)5-13)6-14-12(9)16(3)15-11/h4,6-7,10,17H,5,13H2,1-3H3. The summed E-state index contributed by atoms with van der Waals surface area (Å²) in [6.45, 7) is 4.38. The molecule has 0 aromatic carbocycles. The first-order chi connectivity index (χ1) is 8.04. The van der Waals surface area contributed by atoms with Gasteiger partial charge in [0, 0.05) is 30.7 Å². The van der Waals surface area contributed by atoms with Crippen LogP contribution in [0.1, 0.15) is 37.1 Å². The highest BCUT2D eigenvalue weighted by molar-refractivity contribution is 5.79. The van der Waals surface area contributed by atoms with Gasteiger partial charge in [-0.05, 0) is 12.0 Å². The van der Waals surface area contributed by atoms with Gasteiger partial charge >= 0.3 is 0 Å². The molecule has 0 spiro atoms. The molecule has 2 aromatic heterocycles. The predicted molar refractivity (Wildman–Crippen MR) is 66.6 cm³/mol. The summed E-state index contributed by atoms with van der Waals surface area (Å²) in [6, 6.07) is 1.93. The van der Waals surface area contributed by atoms with Crippen molar-refractivity contribution < 1.29 is 5.11 Å². The molecule has 0 aliphatic heterocycles. The molecule has 0 bridgehead atoms. The first kappa shape index (κ1) is 12.0. The van der Waals surface area contributed by atoms with Crippen molar-refractivity contribution in [3.8, 4) is 0 Å². The maximum absolute atomic E-state index is 9.73. The molecule has 0 radical (unpaired) electrons. The Morgan fingerprint density at radius 2 is 2.18 bits per heavy atom. The van der Waals surface area contributed by atoms with Crippen LogP contribution in [-0.4, -0.2) is 26.4 Å². The Hall–Kier alpha value is -1.46. The zero-order chi connectivity index (χ0) is 12.6. The van der Waals surface area contributed by atoms with E-state index in [1.54, 1.807) is 10.9 Å². The van der Waals surface area contributed by atoms with Crippen LogP contribution >= 0.6 is 0 Å². The molecule has 17 heavy (non-hydrogen) atoms. The fourth-order valence-electron chi connectivity index (χ4n) is 1.93. The molecule has 92 valence electrons. The highest BCUT2D eigenvalue weighted by Gasteiger charge is 2.15. The molecule has 3 N–H and O–H groups in total. The van der Waals surface area contributed by atoms with Gasteiger partial charge in [-0.25, -0.2) is 4.98 Å². The molecular formula is C12H18N4O. The molecule has 2 aromatic rings. The number of aromatic nitrogens is 3. The van der Waals surface area contributed by atoms with Gasteiger partial charge < -0.3 is 10.8 Å². The average molecular weight is 234 g/mol. The number of aryl methyl sites for hydroxylation is 1. The van der Waals surface area contributed by atoms with Crippen molar-refractivity contribution >= 4 is 11.0 Å². The van der Waals surface area contributed by atoms with E-state index in [0.29, 0.717) is 5.92 Å². The normalized spacial score (nSPS) is 13.5. The van der Waals surface area contributed by atoms with Crippen LogP contribution in [0.15, 0.2) is 12.3 Å². The van der Waals surface area contributed by atoms with Gasteiger partial charge in [-0.2, -0.15) is 5.10 Å². The maximum Gasteiger partial charge on any atom is 0.157 e. The van der Waals surface area contributed by atoms with Gasteiger partial charge in [-0.1, -0.05) is 13.8 Å². The van der Waals surface area contributed by atoms with E-state index < -0.39 is 6.10 Å². The number of fused-ring (bicyclic) bond motifs is 1. The van der Waals surface area contributed by atoms with Gasteiger partial charge in [0.05, 0.1) is 11.8 Å². The van der Waals surface area contributed by atoms with E-state index in [0.717, 1.165) is 22.3 Å². The number of hydrogen-bond donors (Lipinski definition) is 2. The average Bonchev–Trinajstić information content (AvgIpc) is 2.65. The molecule has 0 aliphatic carbocycles. The van der Waals surface area contributed by atoms with Gasteiger partial charge in [0.25, 0.3) is 0 Å². The Bertz CT molecular complexity index is 533. The summed E-state index contributed by atoms with van der Waals surface area (Å²) in [6.07, 6.45) is 0.998. The summed E-state index contributed by atoms with van der Waals surface area (Å²) in [5.74, 6) is 0.325. The van der Waals surface area contributed by atoms with Crippen LogP contribution < -0.4 is 5.73 Å². The lowest BCUT2D eigenvalue weighted by atomic mass is 10.0. The Kier molecular flexibility index (Phi) is 3.13. The molecule has 5 nitrogen and oxygen atoms in total. The second-order valence-corrected chi connectivity index (χ2v) is 4.55. The minimum absolute atomic E-state index is 0.199. The fourth-order valence-corrected chi connectivity index (χ4v) is 1.93. The van der Waals surface area contributed by atoms with Crippen LogP contribution in [-0.2, 0) is 7.05 Å². The van der Waals surface area contributed by atoms with E-state index >= 15 is 0 Å². The maximum atomic E-state index is 9.73. The molecular weight excluding hydrogens is 216 g/mol. The molecule has 0 amide bonds. The van der Waals surface area contributed by atoms with Gasteiger partial charge in [-0.3, -0.25) is 4.68 Å². The Balaban J connectivity index is 2.62. The van der Waals surface area contributed by atoms with Crippen LogP contribution in [0.2, 0.25) is 0 Å². The number of hydrogen-bond acceptors (Lipinski definition) is 4. The van der Waals surface area contributed by atoms with Gasteiger partial charge in [0.2, 0.25) is 0 Å². The topological polar surface area (TPSA) is 77.0 Å². The van der Waals surface area contributed by atoms with Crippen molar-refractivity contribution in [3.63, 3.8) is 0 Å². The first-order valence-corrected chi connectivity index (χ1v) is 5.75. The molecule has 5 heteroatoms.